The van der Waals surface area contributed by atoms with E-state index in [9.17, 15) is 0 Å². The summed E-state index contributed by atoms with van der Waals surface area (Å²) >= 11 is 3.52. The molecule has 0 aliphatic carbocycles. The van der Waals surface area contributed by atoms with Gasteiger partial charge in [-0.15, -0.1) is 0 Å². The third-order valence-electron chi connectivity index (χ3n) is 8.54. The first-order chi connectivity index (χ1) is 18.9. The molecule has 0 heterocycles. The molecule has 0 aliphatic rings. The second-order valence-corrected chi connectivity index (χ2v) is 13.2. The summed E-state index contributed by atoms with van der Waals surface area (Å²) in [5.74, 6) is 0. The van der Waals surface area contributed by atoms with Gasteiger partial charge in [0.15, 0.2) is 0 Å². The van der Waals surface area contributed by atoms with E-state index in [-0.39, 0.29) is 0 Å². The number of alkyl halides is 1. The summed E-state index contributed by atoms with van der Waals surface area (Å²) in [7, 11) is 0. The highest BCUT2D eigenvalue weighted by Crippen LogP contribution is 2.17. The monoisotopic (exact) mass is 600 g/mol. The first kappa shape index (κ1) is 38.4. The Morgan fingerprint density at radius 1 is 0.211 bits per heavy atom. The lowest BCUT2D eigenvalue weighted by molar-refractivity contribution is 0.282. The Bertz CT molecular complexity index is 350. The fraction of sp³-hybridized carbons (Fsp3) is 1.00. The largest absolute Gasteiger partial charge is 0.396 e. The lowest BCUT2D eigenvalue weighted by atomic mass is 10.0. The molecule has 1 N–H and O–H groups in total. The van der Waals surface area contributed by atoms with E-state index in [0.717, 1.165) is 6.42 Å². The molecule has 0 amide bonds. The van der Waals surface area contributed by atoms with Crippen molar-refractivity contribution >= 4 is 15.9 Å². The van der Waals surface area contributed by atoms with E-state index in [1.807, 2.05) is 0 Å². The fourth-order valence-electron chi connectivity index (χ4n) is 5.86. The molecule has 38 heavy (non-hydrogen) atoms. The highest BCUT2D eigenvalue weighted by molar-refractivity contribution is 9.09. The van der Waals surface area contributed by atoms with Crippen molar-refractivity contribution in [3.63, 3.8) is 0 Å². The highest BCUT2D eigenvalue weighted by Gasteiger charge is 1.97. The Morgan fingerprint density at radius 3 is 0.474 bits per heavy atom. The predicted octanol–water partition coefficient (Wildman–Crippen LogP) is 13.6. The number of halogens is 1. The number of rotatable bonds is 35. The summed E-state index contributed by atoms with van der Waals surface area (Å²) in [6.45, 7) is 0.374. The van der Waals surface area contributed by atoms with Gasteiger partial charge in [-0.25, -0.2) is 0 Å². The van der Waals surface area contributed by atoms with Crippen LogP contribution in [0.15, 0.2) is 0 Å². The SMILES string of the molecule is OCCCCCCCCCCCCCCCCCCCCCCCCCCCCCCCCCCCCBr. The average molecular weight is 602 g/mol. The molecule has 0 saturated carbocycles. The number of unbranched alkanes of at least 4 members (excludes halogenated alkanes) is 33. The zero-order chi connectivity index (χ0) is 27.5. The minimum atomic E-state index is 0.374. The van der Waals surface area contributed by atoms with Crippen molar-refractivity contribution in [2.45, 2.75) is 218 Å². The first-order valence-electron chi connectivity index (χ1n) is 18.1. The Morgan fingerprint density at radius 2 is 0.342 bits per heavy atom. The zero-order valence-electron chi connectivity index (χ0n) is 26.3. The van der Waals surface area contributed by atoms with Gasteiger partial charge in [0.05, 0.1) is 0 Å². The van der Waals surface area contributed by atoms with Crippen molar-refractivity contribution in [1.29, 1.82) is 0 Å². The van der Waals surface area contributed by atoms with Gasteiger partial charge in [-0.1, -0.05) is 221 Å². The van der Waals surface area contributed by atoms with E-state index >= 15 is 0 Å². The van der Waals surface area contributed by atoms with E-state index in [2.05, 4.69) is 15.9 Å². The normalized spacial score (nSPS) is 11.5. The summed E-state index contributed by atoms with van der Waals surface area (Å²) in [6, 6.07) is 0. The smallest absolute Gasteiger partial charge is 0.0431 e. The molecule has 1 nitrogen and oxygen atoms in total. The van der Waals surface area contributed by atoms with Crippen molar-refractivity contribution < 1.29 is 5.11 Å². The van der Waals surface area contributed by atoms with Gasteiger partial charge in [0, 0.05) is 11.9 Å². The molecule has 0 aromatic rings. The molecule has 0 fully saturated rings. The van der Waals surface area contributed by atoms with Gasteiger partial charge in [0.1, 0.15) is 0 Å². The van der Waals surface area contributed by atoms with Gasteiger partial charge in [0.25, 0.3) is 0 Å². The van der Waals surface area contributed by atoms with Gasteiger partial charge in [-0.2, -0.15) is 0 Å². The molecule has 0 radical (unpaired) electrons. The maximum Gasteiger partial charge on any atom is 0.0431 e. The predicted molar refractivity (Wildman–Crippen MR) is 178 cm³/mol. The Balaban J connectivity index is 3.01. The summed E-state index contributed by atoms with van der Waals surface area (Å²) in [5.41, 5.74) is 0. The van der Waals surface area contributed by atoms with E-state index in [0.29, 0.717) is 6.61 Å². The van der Waals surface area contributed by atoms with Crippen molar-refractivity contribution in [2.75, 3.05) is 11.9 Å². The zero-order valence-corrected chi connectivity index (χ0v) is 27.9. The van der Waals surface area contributed by atoms with Crippen LogP contribution in [0, 0.1) is 0 Å². The van der Waals surface area contributed by atoms with Gasteiger partial charge in [-0.05, 0) is 12.8 Å². The standard InChI is InChI=1S/C36H73BrO/c37-35-33-31-29-27-25-23-21-19-17-15-13-11-9-7-5-3-1-2-4-6-8-10-12-14-16-18-20-22-24-26-28-30-32-34-36-38/h38H,1-36H2. The minimum Gasteiger partial charge on any atom is -0.396 e. The van der Waals surface area contributed by atoms with Crippen molar-refractivity contribution in [3.8, 4) is 0 Å². The summed E-state index contributed by atoms with van der Waals surface area (Å²) < 4.78 is 0. The van der Waals surface area contributed by atoms with Crippen LogP contribution in [0.2, 0.25) is 0 Å². The molecule has 0 aromatic heterocycles. The number of aliphatic hydroxyl groups is 1. The first-order valence-corrected chi connectivity index (χ1v) is 19.2. The maximum atomic E-state index is 8.78. The van der Waals surface area contributed by atoms with Crippen LogP contribution in [0.5, 0.6) is 0 Å². The van der Waals surface area contributed by atoms with Gasteiger partial charge in [-0.3, -0.25) is 0 Å². The van der Waals surface area contributed by atoms with Crippen LogP contribution in [-0.2, 0) is 0 Å². The fourth-order valence-corrected chi connectivity index (χ4v) is 6.26. The Labute approximate surface area is 250 Å². The molecule has 0 aromatic carbocycles. The van der Waals surface area contributed by atoms with Crippen LogP contribution < -0.4 is 0 Å². The third kappa shape index (κ3) is 36.4. The van der Waals surface area contributed by atoms with Crippen LogP contribution in [0.4, 0.5) is 0 Å². The van der Waals surface area contributed by atoms with Crippen LogP contribution in [0.25, 0.3) is 0 Å². The van der Waals surface area contributed by atoms with Crippen LogP contribution in [0.3, 0.4) is 0 Å². The van der Waals surface area contributed by atoms with E-state index in [1.165, 1.54) is 217 Å². The molecule has 0 bridgehead atoms. The summed E-state index contributed by atoms with van der Waals surface area (Å²) in [4.78, 5) is 0. The number of aliphatic hydroxyl groups excluding tert-OH is 1. The molecule has 0 spiro atoms. The molecule has 230 valence electrons. The lowest BCUT2D eigenvalue weighted by Crippen LogP contribution is -1.85. The number of hydrogen-bond acceptors (Lipinski definition) is 1. The van der Waals surface area contributed by atoms with Crippen LogP contribution in [-0.4, -0.2) is 17.0 Å². The second-order valence-electron chi connectivity index (χ2n) is 12.4. The Hall–Kier alpha value is 0.440. The summed E-state index contributed by atoms with van der Waals surface area (Å²) in [5, 5.41) is 9.97. The number of hydrogen-bond donors (Lipinski definition) is 1. The molecule has 0 saturated heterocycles. The van der Waals surface area contributed by atoms with Gasteiger partial charge >= 0.3 is 0 Å². The molecular formula is C36H73BrO. The van der Waals surface area contributed by atoms with Crippen LogP contribution in [0.1, 0.15) is 218 Å². The van der Waals surface area contributed by atoms with Crippen molar-refractivity contribution in [2.24, 2.45) is 0 Å². The molecule has 0 atom stereocenters. The Kier molecular flexibility index (Phi) is 37.9. The highest BCUT2D eigenvalue weighted by atomic mass is 79.9. The average Bonchev–Trinajstić information content (AvgIpc) is 2.93. The molecule has 2 heteroatoms. The maximum absolute atomic E-state index is 8.78. The van der Waals surface area contributed by atoms with E-state index in [1.54, 1.807) is 0 Å². The van der Waals surface area contributed by atoms with Crippen LogP contribution >= 0.6 is 15.9 Å². The summed E-state index contributed by atoms with van der Waals surface area (Å²) in [6.07, 6.45) is 48.9. The quantitative estimate of drug-likeness (QED) is 0.0566. The topological polar surface area (TPSA) is 20.2 Å². The van der Waals surface area contributed by atoms with E-state index in [4.69, 9.17) is 5.11 Å². The van der Waals surface area contributed by atoms with Gasteiger partial charge in [0.2, 0.25) is 0 Å². The van der Waals surface area contributed by atoms with Gasteiger partial charge < -0.3 is 5.11 Å². The second kappa shape index (κ2) is 37.4. The molecule has 0 unspecified atom stereocenters. The lowest BCUT2D eigenvalue weighted by Gasteiger charge is -2.05. The van der Waals surface area contributed by atoms with Crippen molar-refractivity contribution in [1.82, 2.24) is 0 Å². The minimum absolute atomic E-state index is 0.374. The molecule has 0 rings (SSSR count). The van der Waals surface area contributed by atoms with Crippen molar-refractivity contribution in [3.05, 3.63) is 0 Å². The molecule has 0 aliphatic heterocycles. The third-order valence-corrected chi connectivity index (χ3v) is 9.10. The molecular weight excluding hydrogens is 528 g/mol. The van der Waals surface area contributed by atoms with E-state index < -0.39 is 0 Å².